The summed E-state index contributed by atoms with van der Waals surface area (Å²) in [6.07, 6.45) is 13.2. The van der Waals surface area contributed by atoms with Crippen LogP contribution in [0.15, 0.2) is 28.2 Å². The molecule has 0 radical (unpaired) electrons. The fourth-order valence-electron chi connectivity index (χ4n) is 3.76. The molecule has 0 aliphatic heterocycles. The van der Waals surface area contributed by atoms with Crippen molar-refractivity contribution in [3.8, 4) is 5.75 Å². The normalized spacial score (nSPS) is 18.6. The summed E-state index contributed by atoms with van der Waals surface area (Å²) in [6, 6.07) is 9.85. The van der Waals surface area contributed by atoms with Crippen LogP contribution in [0.25, 0.3) is 0 Å². The van der Waals surface area contributed by atoms with Crippen LogP contribution in [-0.2, 0) is 0 Å². The van der Waals surface area contributed by atoms with E-state index >= 15 is 0 Å². The van der Waals surface area contributed by atoms with E-state index in [1.54, 1.807) is 6.07 Å². The Labute approximate surface area is 159 Å². The molecule has 3 nitrogen and oxygen atoms in total. The van der Waals surface area contributed by atoms with Crippen LogP contribution in [0.4, 0.5) is 0 Å². The van der Waals surface area contributed by atoms with Crippen LogP contribution in [-0.4, -0.2) is 23.2 Å². The number of phenolic OH excluding ortho intramolecular Hbond substituents is 1. The molecule has 3 heteroatoms. The van der Waals surface area contributed by atoms with Gasteiger partial charge in [-0.25, -0.2) is 9.98 Å². The molecule has 3 rings (SSSR count). The molecule has 2 fully saturated rings. The zero-order chi connectivity index (χ0) is 18.8. The molecular weight excluding hydrogens is 320 g/mol. The van der Waals surface area contributed by atoms with Crippen LogP contribution >= 0.6 is 0 Å². The number of hydrogen-bond acceptors (Lipinski definition) is 3. The van der Waals surface area contributed by atoms with Crippen molar-refractivity contribution >= 4 is 6.01 Å². The van der Waals surface area contributed by atoms with Crippen molar-refractivity contribution in [3.05, 3.63) is 29.3 Å². The topological polar surface area (TPSA) is 45.0 Å². The lowest BCUT2D eigenvalue weighted by atomic mass is 9.96. The number of hydrogen-bond donors (Lipinski definition) is 1. The fraction of sp³-hybridized carbons (Fsp3) is 0.696. The minimum atomic E-state index is 0.399. The highest BCUT2D eigenvalue weighted by Gasteiger charge is 2.12. The standard InChI is InChI=1S/C13H22N2.C10H14O/c1-3-7-12(8-4-1)14-11-15-13-9-5-2-6-10-13;1-7(2)9-5-4-8(3)6-10(9)11/h12-13H,1-10H2;4-7,11H,1-3H3. The van der Waals surface area contributed by atoms with Crippen molar-refractivity contribution in [3.63, 3.8) is 0 Å². The first kappa shape index (κ1) is 20.7. The monoisotopic (exact) mass is 356 g/mol. The Morgan fingerprint density at radius 1 is 0.885 bits per heavy atom. The average Bonchev–Trinajstić information content (AvgIpc) is 2.64. The quantitative estimate of drug-likeness (QED) is 0.605. The molecule has 0 bridgehead atoms. The third-order valence-electron chi connectivity index (χ3n) is 5.44. The summed E-state index contributed by atoms with van der Waals surface area (Å²) in [6.45, 7) is 6.12. The van der Waals surface area contributed by atoms with Gasteiger partial charge in [0, 0.05) is 0 Å². The zero-order valence-corrected chi connectivity index (χ0v) is 16.9. The summed E-state index contributed by atoms with van der Waals surface area (Å²) in [5, 5.41) is 9.46. The Hall–Kier alpha value is -1.60. The van der Waals surface area contributed by atoms with Gasteiger partial charge in [0.15, 0.2) is 0 Å². The van der Waals surface area contributed by atoms with Gasteiger partial charge in [-0.2, -0.15) is 0 Å². The van der Waals surface area contributed by atoms with E-state index in [1.165, 1.54) is 64.2 Å². The van der Waals surface area contributed by atoms with Crippen molar-refractivity contribution in [1.82, 2.24) is 0 Å². The second-order valence-electron chi connectivity index (χ2n) is 8.16. The molecule has 1 N–H and O–H groups in total. The van der Waals surface area contributed by atoms with E-state index in [4.69, 9.17) is 0 Å². The largest absolute Gasteiger partial charge is 0.508 e. The molecule has 26 heavy (non-hydrogen) atoms. The van der Waals surface area contributed by atoms with Gasteiger partial charge >= 0.3 is 0 Å². The van der Waals surface area contributed by atoms with Gasteiger partial charge in [0.2, 0.25) is 0 Å². The maximum absolute atomic E-state index is 9.46. The van der Waals surface area contributed by atoms with E-state index in [-0.39, 0.29) is 0 Å². The van der Waals surface area contributed by atoms with Gasteiger partial charge in [-0.15, -0.1) is 0 Å². The Morgan fingerprint density at radius 3 is 1.81 bits per heavy atom. The number of aryl methyl sites for hydroxylation is 1. The molecule has 2 aliphatic carbocycles. The Bertz CT molecular complexity index is 568. The average molecular weight is 357 g/mol. The Morgan fingerprint density at radius 2 is 1.38 bits per heavy atom. The summed E-state index contributed by atoms with van der Waals surface area (Å²) >= 11 is 0. The molecule has 0 aromatic heterocycles. The summed E-state index contributed by atoms with van der Waals surface area (Å²) in [5.74, 6) is 0.815. The predicted molar refractivity (Wildman–Crippen MR) is 111 cm³/mol. The smallest absolute Gasteiger partial charge is 0.119 e. The van der Waals surface area contributed by atoms with Crippen molar-refractivity contribution in [2.75, 3.05) is 0 Å². The lowest BCUT2D eigenvalue weighted by Gasteiger charge is -2.17. The third-order valence-corrected chi connectivity index (χ3v) is 5.44. The van der Waals surface area contributed by atoms with Crippen LogP contribution in [0.3, 0.4) is 0 Å². The second kappa shape index (κ2) is 11.2. The Kier molecular flexibility index (Phi) is 8.91. The minimum absolute atomic E-state index is 0.399. The Balaban J connectivity index is 0.000000197. The summed E-state index contributed by atoms with van der Waals surface area (Å²) in [4.78, 5) is 8.92. The first-order valence-corrected chi connectivity index (χ1v) is 10.5. The molecule has 0 heterocycles. The molecule has 2 saturated carbocycles. The molecule has 144 valence electrons. The highest BCUT2D eigenvalue weighted by atomic mass is 16.3. The first-order chi connectivity index (χ1) is 12.6. The lowest BCUT2D eigenvalue weighted by molar-refractivity contribution is 0.438. The van der Waals surface area contributed by atoms with Gasteiger partial charge in [0.25, 0.3) is 0 Å². The number of nitrogens with zero attached hydrogens (tertiary/aromatic N) is 2. The van der Waals surface area contributed by atoms with E-state index in [0.29, 0.717) is 23.8 Å². The van der Waals surface area contributed by atoms with Crippen molar-refractivity contribution in [2.24, 2.45) is 9.98 Å². The maximum Gasteiger partial charge on any atom is 0.119 e. The van der Waals surface area contributed by atoms with Crippen LogP contribution in [0.1, 0.15) is 95.1 Å². The zero-order valence-electron chi connectivity index (χ0n) is 16.9. The van der Waals surface area contributed by atoms with Gasteiger partial charge in [0.05, 0.1) is 18.1 Å². The van der Waals surface area contributed by atoms with E-state index in [1.807, 2.05) is 19.1 Å². The summed E-state index contributed by atoms with van der Waals surface area (Å²) < 4.78 is 0. The summed E-state index contributed by atoms with van der Waals surface area (Å²) in [7, 11) is 0. The molecule has 0 unspecified atom stereocenters. The SMILES string of the molecule is C(=NC1CCCCC1)=NC1CCCCC1.Cc1ccc(C(C)C)c(O)c1. The van der Waals surface area contributed by atoms with Gasteiger partial charge in [-0.05, 0) is 55.7 Å². The third kappa shape index (κ3) is 7.33. The molecular formula is C23H36N2O. The van der Waals surface area contributed by atoms with Crippen LogP contribution in [0.2, 0.25) is 0 Å². The second-order valence-corrected chi connectivity index (χ2v) is 8.16. The van der Waals surface area contributed by atoms with Gasteiger partial charge in [-0.1, -0.05) is 64.5 Å². The van der Waals surface area contributed by atoms with E-state index < -0.39 is 0 Å². The molecule has 1 aromatic carbocycles. The van der Waals surface area contributed by atoms with Gasteiger partial charge < -0.3 is 5.11 Å². The highest BCUT2D eigenvalue weighted by molar-refractivity contribution is 5.42. The molecule has 2 aliphatic rings. The first-order valence-electron chi connectivity index (χ1n) is 10.5. The van der Waals surface area contributed by atoms with Crippen molar-refractivity contribution < 1.29 is 5.11 Å². The van der Waals surface area contributed by atoms with Crippen LogP contribution < -0.4 is 0 Å². The van der Waals surface area contributed by atoms with E-state index in [0.717, 1.165) is 11.1 Å². The van der Waals surface area contributed by atoms with E-state index in [9.17, 15) is 5.11 Å². The predicted octanol–water partition coefficient (Wildman–Crippen LogP) is 6.65. The van der Waals surface area contributed by atoms with Crippen molar-refractivity contribution in [1.29, 1.82) is 0 Å². The molecule has 0 amide bonds. The van der Waals surface area contributed by atoms with Crippen molar-refractivity contribution in [2.45, 2.75) is 103 Å². The lowest BCUT2D eigenvalue weighted by Crippen LogP contribution is -2.10. The molecule has 0 atom stereocenters. The molecule has 1 aromatic rings. The maximum atomic E-state index is 9.46. The van der Waals surface area contributed by atoms with E-state index in [2.05, 4.69) is 29.8 Å². The van der Waals surface area contributed by atoms with Gasteiger partial charge in [0.1, 0.15) is 5.75 Å². The minimum Gasteiger partial charge on any atom is -0.508 e. The van der Waals surface area contributed by atoms with Gasteiger partial charge in [-0.3, -0.25) is 0 Å². The number of aliphatic imine (C=N–C) groups is 2. The van der Waals surface area contributed by atoms with Crippen LogP contribution in [0, 0.1) is 6.92 Å². The number of phenols is 1. The number of rotatable bonds is 3. The fourth-order valence-corrected chi connectivity index (χ4v) is 3.76. The molecule has 0 spiro atoms. The van der Waals surface area contributed by atoms with Crippen LogP contribution in [0.5, 0.6) is 5.75 Å². The molecule has 0 saturated heterocycles. The number of benzene rings is 1. The highest BCUT2D eigenvalue weighted by Crippen LogP contribution is 2.25. The number of aromatic hydroxyl groups is 1. The summed E-state index contributed by atoms with van der Waals surface area (Å²) in [5.41, 5.74) is 2.13.